The third kappa shape index (κ3) is 5.53. The van der Waals surface area contributed by atoms with Gasteiger partial charge in [-0.25, -0.2) is 9.97 Å². The fraction of sp³-hybridized carbons (Fsp3) is 0.391. The van der Waals surface area contributed by atoms with Gasteiger partial charge >= 0.3 is 6.18 Å². The molecule has 186 valence electrons. The second kappa shape index (κ2) is 9.90. The summed E-state index contributed by atoms with van der Waals surface area (Å²) < 4.78 is 47.9. The van der Waals surface area contributed by atoms with Gasteiger partial charge in [-0.15, -0.1) is 0 Å². The molecule has 3 aromatic rings. The summed E-state index contributed by atoms with van der Waals surface area (Å²) in [4.78, 5) is 27.0. The summed E-state index contributed by atoms with van der Waals surface area (Å²) in [5.74, 6) is -0.167. The summed E-state index contributed by atoms with van der Waals surface area (Å²) >= 11 is 0. The largest absolute Gasteiger partial charge is 0.476 e. The van der Waals surface area contributed by atoms with Gasteiger partial charge in [0.15, 0.2) is 0 Å². The van der Waals surface area contributed by atoms with Gasteiger partial charge in [-0.3, -0.25) is 4.79 Å². The Kier molecular flexibility index (Phi) is 6.92. The van der Waals surface area contributed by atoms with Crippen molar-refractivity contribution in [3.63, 3.8) is 0 Å². The first-order chi connectivity index (χ1) is 16.7. The molecule has 12 heteroatoms. The molecule has 0 radical (unpaired) electrons. The highest BCUT2D eigenvalue weighted by Gasteiger charge is 2.35. The van der Waals surface area contributed by atoms with E-state index in [1.165, 1.54) is 4.57 Å². The van der Waals surface area contributed by atoms with Crippen molar-refractivity contribution >= 4 is 17.5 Å². The Labute approximate surface area is 200 Å². The number of aromatic nitrogens is 4. The van der Waals surface area contributed by atoms with Gasteiger partial charge in [-0.1, -0.05) is 6.07 Å². The summed E-state index contributed by atoms with van der Waals surface area (Å²) in [6, 6.07) is 5.06. The molecule has 0 atom stereocenters. The molecule has 0 aliphatic carbocycles. The second-order valence-corrected chi connectivity index (χ2v) is 8.25. The lowest BCUT2D eigenvalue weighted by Crippen LogP contribution is -2.27. The van der Waals surface area contributed by atoms with E-state index in [1.807, 2.05) is 20.0 Å². The number of hydrogen-bond acceptors (Lipinski definition) is 8. The van der Waals surface area contributed by atoms with Gasteiger partial charge in [-0.05, 0) is 31.7 Å². The minimum atomic E-state index is -4.68. The molecule has 0 bridgehead atoms. The lowest BCUT2D eigenvalue weighted by molar-refractivity contribution is -0.137. The van der Waals surface area contributed by atoms with Crippen LogP contribution in [0.4, 0.5) is 30.6 Å². The first-order valence-electron chi connectivity index (χ1n) is 11.1. The number of halogens is 3. The van der Waals surface area contributed by atoms with Crippen LogP contribution in [0, 0.1) is 0 Å². The minimum Gasteiger partial charge on any atom is -0.476 e. The van der Waals surface area contributed by atoms with E-state index in [0.29, 0.717) is 36.5 Å². The Morgan fingerprint density at radius 3 is 2.77 bits per heavy atom. The van der Waals surface area contributed by atoms with Crippen LogP contribution in [0.3, 0.4) is 0 Å². The monoisotopic (exact) mass is 489 g/mol. The van der Waals surface area contributed by atoms with E-state index in [1.54, 1.807) is 25.4 Å². The lowest BCUT2D eigenvalue weighted by atomic mass is 10.1. The van der Waals surface area contributed by atoms with Crippen molar-refractivity contribution < 1.29 is 17.9 Å². The Morgan fingerprint density at radius 2 is 2.03 bits per heavy atom. The number of rotatable bonds is 7. The Morgan fingerprint density at radius 1 is 1.23 bits per heavy atom. The second-order valence-electron chi connectivity index (χ2n) is 8.25. The lowest BCUT2D eigenvalue weighted by Gasteiger charge is -2.25. The molecule has 4 heterocycles. The van der Waals surface area contributed by atoms with E-state index < -0.39 is 17.6 Å². The molecule has 0 saturated heterocycles. The quantitative estimate of drug-likeness (QED) is 0.522. The van der Waals surface area contributed by atoms with Gasteiger partial charge < -0.3 is 24.8 Å². The first kappa shape index (κ1) is 24.5. The van der Waals surface area contributed by atoms with E-state index in [0.717, 1.165) is 24.2 Å². The molecule has 9 nitrogen and oxygen atoms in total. The van der Waals surface area contributed by atoms with Crippen LogP contribution in [0.2, 0.25) is 0 Å². The predicted molar refractivity (Wildman–Crippen MR) is 125 cm³/mol. The molecule has 0 fully saturated rings. The highest BCUT2D eigenvalue weighted by molar-refractivity contribution is 5.63. The fourth-order valence-electron chi connectivity index (χ4n) is 3.80. The number of ether oxygens (including phenoxy) is 1. The van der Waals surface area contributed by atoms with Crippen LogP contribution >= 0.6 is 0 Å². The number of nitrogens with zero attached hydrogens (tertiary/aromatic N) is 5. The van der Waals surface area contributed by atoms with Gasteiger partial charge in [0.1, 0.15) is 17.1 Å². The van der Waals surface area contributed by atoms with Crippen molar-refractivity contribution in [1.82, 2.24) is 24.4 Å². The molecular weight excluding hydrogens is 463 g/mol. The first-order valence-corrected chi connectivity index (χ1v) is 11.1. The summed E-state index contributed by atoms with van der Waals surface area (Å²) in [7, 11) is 3.57. The predicted octanol–water partition coefficient (Wildman–Crippen LogP) is 3.33. The number of aryl methyl sites for hydroxylation is 1. The van der Waals surface area contributed by atoms with E-state index in [2.05, 4.69) is 30.5 Å². The van der Waals surface area contributed by atoms with Crippen LogP contribution in [-0.2, 0) is 32.7 Å². The van der Waals surface area contributed by atoms with Crippen LogP contribution in [0.15, 0.2) is 35.4 Å². The summed E-state index contributed by atoms with van der Waals surface area (Å²) in [6.07, 6.45) is -1.63. The number of nitrogens with one attached hydrogen (secondary N) is 2. The summed E-state index contributed by atoms with van der Waals surface area (Å²) in [5, 5.41) is 5.61. The topological polar surface area (TPSA) is 97.2 Å². The Bertz CT molecular complexity index is 1280. The maximum Gasteiger partial charge on any atom is 0.421 e. The molecule has 4 rings (SSSR count). The highest BCUT2D eigenvalue weighted by Crippen LogP contribution is 2.35. The summed E-state index contributed by atoms with van der Waals surface area (Å²) in [5.41, 5.74) is 1.34. The van der Waals surface area contributed by atoms with E-state index in [9.17, 15) is 18.0 Å². The third-order valence-corrected chi connectivity index (χ3v) is 5.60. The van der Waals surface area contributed by atoms with Gasteiger partial charge in [0, 0.05) is 51.1 Å². The van der Waals surface area contributed by atoms with Gasteiger partial charge in [0.2, 0.25) is 11.8 Å². The van der Waals surface area contributed by atoms with Gasteiger partial charge in [0.25, 0.3) is 5.56 Å². The minimum absolute atomic E-state index is 0.0617. The zero-order valence-electron chi connectivity index (χ0n) is 19.6. The molecule has 0 aromatic carbocycles. The smallest absolute Gasteiger partial charge is 0.421 e. The molecule has 0 amide bonds. The molecular formula is C23H26F3N7O2. The molecule has 1 aliphatic heterocycles. The zero-order valence-corrected chi connectivity index (χ0v) is 19.6. The van der Waals surface area contributed by atoms with Crippen LogP contribution < -0.4 is 20.9 Å². The number of hydrogen-bond donors (Lipinski definition) is 2. The fourth-order valence-corrected chi connectivity index (χ4v) is 3.80. The average Bonchev–Trinajstić information content (AvgIpc) is 2.80. The number of likely N-dealkylation sites (N-methyl/N-ethyl adjacent to an activating group) is 1. The highest BCUT2D eigenvalue weighted by atomic mass is 19.4. The van der Waals surface area contributed by atoms with Crippen LogP contribution in [0.5, 0.6) is 5.88 Å². The van der Waals surface area contributed by atoms with E-state index >= 15 is 0 Å². The Balaban J connectivity index is 1.66. The Hall–Kier alpha value is -3.67. The zero-order chi connectivity index (χ0) is 25.2. The average molecular weight is 490 g/mol. The number of alkyl halides is 3. The number of anilines is 3. The number of fused-ring (bicyclic) bond motifs is 1. The molecule has 0 unspecified atom stereocenters. The van der Waals surface area contributed by atoms with Crippen molar-refractivity contribution in [2.24, 2.45) is 7.05 Å². The molecule has 35 heavy (non-hydrogen) atoms. The van der Waals surface area contributed by atoms with Gasteiger partial charge in [-0.2, -0.15) is 18.2 Å². The molecule has 2 N–H and O–H groups in total. The van der Waals surface area contributed by atoms with E-state index in [-0.39, 0.29) is 18.1 Å². The third-order valence-electron chi connectivity index (χ3n) is 5.60. The van der Waals surface area contributed by atoms with Crippen molar-refractivity contribution in [3.8, 4) is 5.88 Å². The van der Waals surface area contributed by atoms with Gasteiger partial charge in [0.05, 0.1) is 12.3 Å². The standard InChI is InChI=1S/C23H26F3N7O2/c1-4-35-20-18(10-15-13-32(2)9-7-17(15)29-20)30-22-28-12-16(23(24,25)26)19(31-22)27-11-14-6-5-8-33(3)21(14)34/h5-6,8,10,12H,4,7,9,11,13H2,1-3H3,(H2,27,28,30,31). The normalized spacial score (nSPS) is 13.9. The molecule has 0 saturated carbocycles. The maximum atomic E-state index is 13.6. The van der Waals surface area contributed by atoms with Crippen molar-refractivity contribution in [2.45, 2.75) is 32.6 Å². The number of pyridine rings is 2. The van der Waals surface area contributed by atoms with Crippen LogP contribution in [-0.4, -0.2) is 44.6 Å². The maximum absolute atomic E-state index is 13.6. The molecule has 0 spiro atoms. The van der Waals surface area contributed by atoms with Crippen molar-refractivity contribution in [3.05, 3.63) is 63.3 Å². The summed E-state index contributed by atoms with van der Waals surface area (Å²) in [6.45, 7) is 3.62. The molecule has 1 aliphatic rings. The van der Waals surface area contributed by atoms with Crippen LogP contribution in [0.25, 0.3) is 0 Å². The van der Waals surface area contributed by atoms with Crippen molar-refractivity contribution in [1.29, 1.82) is 0 Å². The van der Waals surface area contributed by atoms with Crippen molar-refractivity contribution in [2.75, 3.05) is 30.8 Å². The van der Waals surface area contributed by atoms with E-state index in [4.69, 9.17) is 4.74 Å². The van der Waals surface area contributed by atoms with Crippen LogP contribution in [0.1, 0.15) is 29.3 Å². The molecule has 3 aromatic heterocycles. The SMILES string of the molecule is CCOc1nc2c(cc1Nc1ncc(C(F)(F)F)c(NCc3cccn(C)c3=O)n1)CN(C)CC2.